The number of aromatic nitrogens is 2. The van der Waals surface area contributed by atoms with Crippen LogP contribution in [0.5, 0.6) is 0 Å². The number of thioether (sulfide) groups is 1. The van der Waals surface area contributed by atoms with Crippen molar-refractivity contribution < 1.29 is 22.6 Å². The smallest absolute Gasteiger partial charge is 0.186 e. The number of nitrogens with zero attached hydrogens (tertiary/aromatic N) is 3. The van der Waals surface area contributed by atoms with Gasteiger partial charge in [-0.3, -0.25) is 10.7 Å². The molecule has 1 saturated heterocycles. The number of hydroxylamine groups is 1. The summed E-state index contributed by atoms with van der Waals surface area (Å²) in [6.45, 7) is 0. The number of halogens is 2. The zero-order valence-electron chi connectivity index (χ0n) is 13.2. The third kappa shape index (κ3) is 4.61. The van der Waals surface area contributed by atoms with Gasteiger partial charge in [0.15, 0.2) is 16.6 Å². The molecule has 0 spiro atoms. The van der Waals surface area contributed by atoms with E-state index in [-0.39, 0.29) is 32.8 Å². The Bertz CT molecular complexity index is 921. The second-order valence-corrected chi connectivity index (χ2v) is 10.0. The number of amidine groups is 1. The van der Waals surface area contributed by atoms with Gasteiger partial charge in [-0.05, 0) is 57.3 Å². The Kier molecular flexibility index (Phi) is 5.95. The molecule has 1 aromatic carbocycles. The lowest BCUT2D eigenvalue weighted by Gasteiger charge is -2.20. The van der Waals surface area contributed by atoms with Crippen molar-refractivity contribution in [1.29, 1.82) is 0 Å². The van der Waals surface area contributed by atoms with Crippen LogP contribution in [-0.4, -0.2) is 46.5 Å². The molecule has 0 atom stereocenters. The van der Waals surface area contributed by atoms with Gasteiger partial charge in [0.05, 0.1) is 21.7 Å². The topological polar surface area (TPSA) is 118 Å². The van der Waals surface area contributed by atoms with Crippen LogP contribution in [0, 0.1) is 5.82 Å². The zero-order valence-corrected chi connectivity index (χ0v) is 16.4. The Labute approximate surface area is 161 Å². The number of rotatable bonds is 4. The molecule has 8 nitrogen and oxygen atoms in total. The molecule has 2 heterocycles. The average Bonchev–Trinajstić information content (AvgIpc) is 3.06. The minimum Gasteiger partial charge on any atom is -0.290 e. The van der Waals surface area contributed by atoms with Gasteiger partial charge in [-0.15, -0.1) is 0 Å². The van der Waals surface area contributed by atoms with E-state index in [4.69, 9.17) is 4.63 Å². The fourth-order valence-corrected chi connectivity index (χ4v) is 5.63. The molecule has 1 fully saturated rings. The molecule has 0 saturated carbocycles. The second-order valence-electron chi connectivity index (χ2n) is 5.56. The van der Waals surface area contributed by atoms with Crippen molar-refractivity contribution in [2.45, 2.75) is 23.1 Å². The quantitative estimate of drug-likeness (QED) is 0.402. The fourth-order valence-electron chi connectivity index (χ4n) is 2.36. The third-order valence-corrected chi connectivity index (χ3v) is 7.33. The first kappa shape index (κ1) is 19.3. The maximum absolute atomic E-state index is 13.3. The summed E-state index contributed by atoms with van der Waals surface area (Å²) in [5.74, 6) is -0.188. The Balaban J connectivity index is 1.81. The number of aliphatic imine (C=N–C) groups is 1. The fraction of sp³-hybridized carbons (Fsp3) is 0.357. The molecule has 2 aromatic rings. The van der Waals surface area contributed by atoms with Crippen molar-refractivity contribution in [2.75, 3.05) is 11.5 Å². The van der Waals surface area contributed by atoms with Gasteiger partial charge < -0.3 is 0 Å². The SMILES string of the molecule is O=S1(=O)CCC(Sc2nonc2C(=Nc2ccc(F)c(Br)c2)NO)CC1. The molecule has 3 rings (SSSR count). The first-order valence-corrected chi connectivity index (χ1v) is 11.0. The molecule has 0 amide bonds. The molecule has 1 aliphatic rings. The molecule has 0 aliphatic carbocycles. The minimum absolute atomic E-state index is 0.0179. The van der Waals surface area contributed by atoms with Crippen LogP contribution >= 0.6 is 27.7 Å². The summed E-state index contributed by atoms with van der Waals surface area (Å²) in [7, 11) is -2.96. The van der Waals surface area contributed by atoms with Crippen LogP contribution in [0.25, 0.3) is 0 Å². The van der Waals surface area contributed by atoms with E-state index in [1.54, 1.807) is 0 Å². The number of sulfone groups is 1. The van der Waals surface area contributed by atoms with Crippen molar-refractivity contribution in [1.82, 2.24) is 15.8 Å². The molecule has 1 aromatic heterocycles. The summed E-state index contributed by atoms with van der Waals surface area (Å²) >= 11 is 4.39. The van der Waals surface area contributed by atoms with Crippen molar-refractivity contribution in [3.63, 3.8) is 0 Å². The standard InChI is InChI=1S/C14H14BrFN4O4S2/c15-10-7-8(1-2-11(10)16)17-13(18-21)12-14(20-24-19-12)25-9-3-5-26(22,23)6-4-9/h1-2,7,9,21H,3-6H2,(H,17,18). The Hall–Kier alpha value is -1.50. The highest BCUT2D eigenvalue weighted by atomic mass is 79.9. The van der Waals surface area contributed by atoms with E-state index in [9.17, 15) is 18.0 Å². The summed E-state index contributed by atoms with van der Waals surface area (Å²) < 4.78 is 41.4. The van der Waals surface area contributed by atoms with Gasteiger partial charge in [0.2, 0.25) is 0 Å². The predicted octanol–water partition coefficient (Wildman–Crippen LogP) is 2.70. The lowest BCUT2D eigenvalue weighted by Crippen LogP contribution is -2.25. The second kappa shape index (κ2) is 8.03. The van der Waals surface area contributed by atoms with E-state index in [1.165, 1.54) is 30.0 Å². The van der Waals surface area contributed by atoms with Crippen molar-refractivity contribution in [3.05, 3.63) is 34.2 Å². The largest absolute Gasteiger partial charge is 0.290 e. The van der Waals surface area contributed by atoms with Gasteiger partial charge in [-0.2, -0.15) is 0 Å². The number of nitrogens with one attached hydrogen (secondary N) is 1. The molecule has 26 heavy (non-hydrogen) atoms. The van der Waals surface area contributed by atoms with Crippen LogP contribution in [0.3, 0.4) is 0 Å². The maximum atomic E-state index is 13.3. The highest BCUT2D eigenvalue weighted by molar-refractivity contribution is 9.10. The van der Waals surface area contributed by atoms with Crippen LogP contribution in [0.15, 0.2) is 37.3 Å². The third-order valence-electron chi connectivity index (χ3n) is 3.71. The summed E-state index contributed by atoms with van der Waals surface area (Å²) in [5.41, 5.74) is 2.51. The normalized spacial score (nSPS) is 18.0. The van der Waals surface area contributed by atoms with Gasteiger partial charge in [-0.1, -0.05) is 11.8 Å². The first-order valence-electron chi connectivity index (χ1n) is 7.52. The Morgan fingerprint density at radius 1 is 1.38 bits per heavy atom. The van der Waals surface area contributed by atoms with E-state index in [2.05, 4.69) is 31.2 Å². The zero-order chi connectivity index (χ0) is 18.7. The molecule has 140 valence electrons. The average molecular weight is 465 g/mol. The lowest BCUT2D eigenvalue weighted by molar-refractivity contribution is 0.234. The molecular formula is C14H14BrFN4O4S2. The molecular weight excluding hydrogens is 451 g/mol. The lowest BCUT2D eigenvalue weighted by atomic mass is 10.2. The minimum atomic E-state index is -2.96. The van der Waals surface area contributed by atoms with E-state index in [0.29, 0.717) is 23.6 Å². The molecule has 1 aliphatic heterocycles. The van der Waals surface area contributed by atoms with Gasteiger partial charge in [0, 0.05) is 5.25 Å². The molecule has 12 heteroatoms. The van der Waals surface area contributed by atoms with Gasteiger partial charge >= 0.3 is 0 Å². The van der Waals surface area contributed by atoms with Crippen LogP contribution in [0.2, 0.25) is 0 Å². The van der Waals surface area contributed by atoms with Crippen LogP contribution < -0.4 is 5.48 Å². The van der Waals surface area contributed by atoms with Crippen molar-refractivity contribution >= 4 is 49.1 Å². The van der Waals surface area contributed by atoms with Crippen LogP contribution in [-0.2, 0) is 9.84 Å². The Morgan fingerprint density at radius 2 is 2.12 bits per heavy atom. The summed E-state index contributed by atoms with van der Waals surface area (Å²) in [6.07, 6.45) is 1.01. The number of hydrogen-bond acceptors (Lipinski definition) is 8. The van der Waals surface area contributed by atoms with Crippen LogP contribution in [0.4, 0.5) is 10.1 Å². The summed E-state index contributed by atoms with van der Waals surface area (Å²) in [6, 6.07) is 4.11. The van der Waals surface area contributed by atoms with Crippen molar-refractivity contribution in [3.8, 4) is 0 Å². The summed E-state index contributed by atoms with van der Waals surface area (Å²) in [5, 5.41) is 17.4. The number of benzene rings is 1. The predicted molar refractivity (Wildman–Crippen MR) is 97.1 cm³/mol. The molecule has 0 unspecified atom stereocenters. The highest BCUT2D eigenvalue weighted by Gasteiger charge is 2.27. The monoisotopic (exact) mass is 464 g/mol. The van der Waals surface area contributed by atoms with Gasteiger partial charge in [-0.25, -0.2) is 22.4 Å². The van der Waals surface area contributed by atoms with Gasteiger partial charge in [0.25, 0.3) is 0 Å². The van der Waals surface area contributed by atoms with E-state index >= 15 is 0 Å². The Morgan fingerprint density at radius 3 is 2.77 bits per heavy atom. The first-order chi connectivity index (χ1) is 12.4. The maximum Gasteiger partial charge on any atom is 0.186 e. The van der Waals surface area contributed by atoms with E-state index in [0.717, 1.165) is 0 Å². The van der Waals surface area contributed by atoms with Crippen LogP contribution in [0.1, 0.15) is 18.5 Å². The van der Waals surface area contributed by atoms with E-state index in [1.807, 2.05) is 5.48 Å². The van der Waals surface area contributed by atoms with Crippen molar-refractivity contribution in [2.24, 2.45) is 4.99 Å². The molecule has 2 N–H and O–H groups in total. The molecule has 0 radical (unpaired) electrons. The van der Waals surface area contributed by atoms with Gasteiger partial charge in [0.1, 0.15) is 15.7 Å². The van der Waals surface area contributed by atoms with E-state index < -0.39 is 15.7 Å². The molecule has 0 bridgehead atoms. The summed E-state index contributed by atoms with van der Waals surface area (Å²) in [4.78, 5) is 4.19. The highest BCUT2D eigenvalue weighted by Crippen LogP contribution is 2.32. The number of hydrogen-bond donors (Lipinski definition) is 2.